The number of ether oxygens (including phenoxy) is 1. The van der Waals surface area contributed by atoms with Gasteiger partial charge in [0.1, 0.15) is 17.1 Å². The first-order chi connectivity index (χ1) is 12.8. The SMILES string of the molecule is COc1cccc([C@@]2(C)NC(=O)N(NC(=O)Cc3ccccc3F)C2=O)c1. The lowest BCUT2D eigenvalue weighted by Gasteiger charge is -2.22. The van der Waals surface area contributed by atoms with Gasteiger partial charge in [0.2, 0.25) is 5.91 Å². The third-order valence-electron chi connectivity index (χ3n) is 4.38. The van der Waals surface area contributed by atoms with Crippen LogP contribution in [0.25, 0.3) is 0 Å². The van der Waals surface area contributed by atoms with E-state index in [1.54, 1.807) is 30.3 Å². The number of hydrogen-bond donors (Lipinski definition) is 2. The van der Waals surface area contributed by atoms with Crippen molar-refractivity contribution in [2.24, 2.45) is 0 Å². The van der Waals surface area contributed by atoms with Crippen LogP contribution in [0.5, 0.6) is 5.75 Å². The Balaban J connectivity index is 1.77. The quantitative estimate of drug-likeness (QED) is 0.786. The minimum absolute atomic E-state index is 0.164. The Bertz CT molecular complexity index is 917. The number of benzene rings is 2. The van der Waals surface area contributed by atoms with Crippen LogP contribution in [0.1, 0.15) is 18.1 Å². The molecule has 7 nitrogen and oxygen atoms in total. The van der Waals surface area contributed by atoms with E-state index in [4.69, 9.17) is 4.74 Å². The molecule has 0 radical (unpaired) electrons. The summed E-state index contributed by atoms with van der Waals surface area (Å²) < 4.78 is 18.8. The molecule has 0 aliphatic carbocycles. The van der Waals surface area contributed by atoms with E-state index in [0.717, 1.165) is 0 Å². The molecular formula is C19H18FN3O4. The smallest absolute Gasteiger partial charge is 0.344 e. The van der Waals surface area contributed by atoms with Gasteiger partial charge in [-0.15, -0.1) is 0 Å². The van der Waals surface area contributed by atoms with Crippen LogP contribution in [0.4, 0.5) is 9.18 Å². The first-order valence-corrected chi connectivity index (χ1v) is 8.19. The van der Waals surface area contributed by atoms with Gasteiger partial charge in [0.25, 0.3) is 5.91 Å². The Morgan fingerprint density at radius 3 is 2.67 bits per heavy atom. The molecule has 27 heavy (non-hydrogen) atoms. The molecule has 4 amide bonds. The van der Waals surface area contributed by atoms with E-state index in [9.17, 15) is 18.8 Å². The number of hydrogen-bond acceptors (Lipinski definition) is 4. The van der Waals surface area contributed by atoms with Gasteiger partial charge in [0, 0.05) is 0 Å². The van der Waals surface area contributed by atoms with Crippen molar-refractivity contribution in [2.75, 3.05) is 7.11 Å². The summed E-state index contributed by atoms with van der Waals surface area (Å²) in [6.45, 7) is 1.53. The average Bonchev–Trinajstić information content (AvgIpc) is 2.88. The highest BCUT2D eigenvalue weighted by atomic mass is 19.1. The Morgan fingerprint density at radius 1 is 1.22 bits per heavy atom. The van der Waals surface area contributed by atoms with Crippen LogP contribution >= 0.6 is 0 Å². The minimum atomic E-state index is -1.36. The number of halogens is 1. The van der Waals surface area contributed by atoms with Gasteiger partial charge in [-0.2, -0.15) is 5.01 Å². The summed E-state index contributed by atoms with van der Waals surface area (Å²) >= 11 is 0. The predicted molar refractivity (Wildman–Crippen MR) is 94.0 cm³/mol. The molecule has 0 aromatic heterocycles. The zero-order chi connectivity index (χ0) is 19.6. The van der Waals surface area contributed by atoms with Crippen molar-refractivity contribution in [3.05, 3.63) is 65.5 Å². The van der Waals surface area contributed by atoms with Crippen molar-refractivity contribution in [1.82, 2.24) is 15.8 Å². The second-order valence-electron chi connectivity index (χ2n) is 6.23. The first-order valence-electron chi connectivity index (χ1n) is 8.19. The van der Waals surface area contributed by atoms with Crippen molar-refractivity contribution < 1.29 is 23.5 Å². The van der Waals surface area contributed by atoms with Crippen LogP contribution in [-0.4, -0.2) is 30.0 Å². The molecule has 0 unspecified atom stereocenters. The number of nitrogens with zero attached hydrogens (tertiary/aromatic N) is 1. The monoisotopic (exact) mass is 371 g/mol. The largest absolute Gasteiger partial charge is 0.497 e. The molecule has 1 atom stereocenters. The number of hydrazine groups is 1. The van der Waals surface area contributed by atoms with Crippen molar-refractivity contribution >= 4 is 17.8 Å². The molecule has 1 heterocycles. The molecule has 140 valence electrons. The van der Waals surface area contributed by atoms with Crippen molar-refractivity contribution in [3.8, 4) is 5.75 Å². The lowest BCUT2D eigenvalue weighted by Crippen LogP contribution is -2.48. The number of rotatable bonds is 5. The Morgan fingerprint density at radius 2 is 1.96 bits per heavy atom. The van der Waals surface area contributed by atoms with Gasteiger partial charge in [-0.05, 0) is 36.2 Å². The van der Waals surface area contributed by atoms with Crippen molar-refractivity contribution in [3.63, 3.8) is 0 Å². The van der Waals surface area contributed by atoms with Crippen LogP contribution in [0, 0.1) is 5.82 Å². The minimum Gasteiger partial charge on any atom is -0.497 e. The highest BCUT2D eigenvalue weighted by Gasteiger charge is 2.50. The number of urea groups is 1. The van der Waals surface area contributed by atoms with Gasteiger partial charge in [-0.25, -0.2) is 9.18 Å². The summed E-state index contributed by atoms with van der Waals surface area (Å²) in [6, 6.07) is 11.7. The Kier molecular flexibility index (Phi) is 4.81. The van der Waals surface area contributed by atoms with E-state index in [-0.39, 0.29) is 12.0 Å². The zero-order valence-electron chi connectivity index (χ0n) is 14.8. The standard InChI is InChI=1S/C19H18FN3O4/c1-19(13-7-5-8-14(11-13)27-2)17(25)23(18(26)21-19)22-16(24)10-12-6-3-4-9-15(12)20/h3-9,11H,10H2,1-2H3,(H,21,26)(H,22,24)/t19-/m1/s1. The summed E-state index contributed by atoms with van der Waals surface area (Å²) in [5, 5.41) is 3.19. The molecule has 1 aliphatic rings. The molecule has 2 aromatic carbocycles. The molecule has 0 spiro atoms. The number of carbonyl (C=O) groups is 3. The summed E-state index contributed by atoms with van der Waals surface area (Å²) in [5.41, 5.74) is 1.55. The van der Waals surface area contributed by atoms with Gasteiger partial charge < -0.3 is 10.1 Å². The fraction of sp³-hybridized carbons (Fsp3) is 0.211. The maximum absolute atomic E-state index is 13.7. The zero-order valence-corrected chi connectivity index (χ0v) is 14.8. The Labute approximate surface area is 155 Å². The third-order valence-corrected chi connectivity index (χ3v) is 4.38. The van der Waals surface area contributed by atoms with Crippen LogP contribution in [-0.2, 0) is 21.5 Å². The van der Waals surface area contributed by atoms with Gasteiger partial charge >= 0.3 is 6.03 Å². The molecule has 1 fully saturated rings. The van der Waals surface area contributed by atoms with Crippen LogP contribution < -0.4 is 15.5 Å². The molecule has 2 N–H and O–H groups in total. The lowest BCUT2D eigenvalue weighted by atomic mass is 9.92. The summed E-state index contributed by atoms with van der Waals surface area (Å²) in [4.78, 5) is 37.3. The Hall–Kier alpha value is -3.42. The van der Waals surface area contributed by atoms with Crippen LogP contribution in [0.3, 0.4) is 0 Å². The molecule has 8 heteroatoms. The number of amides is 4. The van der Waals surface area contributed by atoms with E-state index in [1.807, 2.05) is 0 Å². The molecule has 1 saturated heterocycles. The number of carbonyl (C=O) groups excluding carboxylic acids is 3. The average molecular weight is 371 g/mol. The van der Waals surface area contributed by atoms with E-state index in [1.165, 1.54) is 32.2 Å². The van der Waals surface area contributed by atoms with Crippen LogP contribution in [0.2, 0.25) is 0 Å². The summed E-state index contributed by atoms with van der Waals surface area (Å²) in [5.74, 6) is -1.34. The van der Waals surface area contributed by atoms with E-state index >= 15 is 0 Å². The predicted octanol–water partition coefficient (Wildman–Crippen LogP) is 1.88. The number of imide groups is 1. The molecule has 3 rings (SSSR count). The highest BCUT2D eigenvalue weighted by Crippen LogP contribution is 2.30. The fourth-order valence-electron chi connectivity index (χ4n) is 2.85. The molecule has 2 aromatic rings. The number of nitrogens with one attached hydrogen (secondary N) is 2. The molecular weight excluding hydrogens is 353 g/mol. The lowest BCUT2D eigenvalue weighted by molar-refractivity contribution is -0.138. The van der Waals surface area contributed by atoms with Gasteiger partial charge in [-0.3, -0.25) is 15.0 Å². The van der Waals surface area contributed by atoms with Gasteiger partial charge in [-0.1, -0.05) is 30.3 Å². The maximum Gasteiger partial charge on any atom is 0.344 e. The topological polar surface area (TPSA) is 87.7 Å². The van der Waals surface area contributed by atoms with Crippen molar-refractivity contribution in [1.29, 1.82) is 0 Å². The highest BCUT2D eigenvalue weighted by molar-refractivity contribution is 6.08. The fourth-order valence-corrected chi connectivity index (χ4v) is 2.85. The van der Waals surface area contributed by atoms with Gasteiger partial charge in [0.05, 0.1) is 13.5 Å². The second kappa shape index (κ2) is 7.06. The normalized spacial score (nSPS) is 19.0. The van der Waals surface area contributed by atoms with Gasteiger partial charge in [0.15, 0.2) is 0 Å². The third kappa shape index (κ3) is 3.46. The van der Waals surface area contributed by atoms with E-state index in [2.05, 4.69) is 10.7 Å². The maximum atomic E-state index is 13.7. The second-order valence-corrected chi connectivity index (χ2v) is 6.23. The molecule has 0 saturated carbocycles. The molecule has 1 aliphatic heterocycles. The summed E-state index contributed by atoms with van der Waals surface area (Å²) in [6.07, 6.45) is -0.306. The van der Waals surface area contributed by atoms with E-state index < -0.39 is 29.2 Å². The van der Waals surface area contributed by atoms with E-state index in [0.29, 0.717) is 16.3 Å². The summed E-state index contributed by atoms with van der Waals surface area (Å²) in [7, 11) is 1.49. The van der Waals surface area contributed by atoms with Crippen molar-refractivity contribution in [2.45, 2.75) is 18.9 Å². The molecule has 0 bridgehead atoms. The number of methoxy groups -OCH3 is 1. The first kappa shape index (κ1) is 18.4. The van der Waals surface area contributed by atoms with Crippen LogP contribution in [0.15, 0.2) is 48.5 Å².